The average molecular weight is 189 g/mol. The Balaban J connectivity index is 3.14. The van der Waals surface area contributed by atoms with Gasteiger partial charge in [0.1, 0.15) is 0 Å². The number of nitrogens with one attached hydrogen (secondary N) is 1. The number of aliphatic imine (C=N–C) groups is 1. The van der Waals surface area contributed by atoms with Crippen LogP contribution in [-0.4, -0.2) is 15.9 Å². The summed E-state index contributed by atoms with van der Waals surface area (Å²) < 4.78 is 0. The summed E-state index contributed by atoms with van der Waals surface area (Å²) in [7, 11) is 0. The molecule has 1 rings (SSSR count). The van der Waals surface area contributed by atoms with E-state index in [1.165, 1.54) is 0 Å². The standard InChI is InChI=1S/C11H15N3/c1-5-6-10(13-8(2)3)11-9(4)7-12-14-11/h5-7H,1H2,2-4H3,(H,12,14)/b10-6-. The van der Waals surface area contributed by atoms with Gasteiger partial charge >= 0.3 is 0 Å². The highest BCUT2D eigenvalue weighted by molar-refractivity contribution is 5.86. The molecule has 0 bridgehead atoms. The van der Waals surface area contributed by atoms with Crippen LogP contribution in [0.5, 0.6) is 0 Å². The Morgan fingerprint density at radius 3 is 2.71 bits per heavy atom. The molecule has 0 aliphatic carbocycles. The SMILES string of the molecule is C=C/C=C(\N=C(C)C)c1[nH]ncc1C. The maximum absolute atomic E-state index is 4.41. The summed E-state index contributed by atoms with van der Waals surface area (Å²) in [4.78, 5) is 4.41. The van der Waals surface area contributed by atoms with E-state index in [9.17, 15) is 0 Å². The van der Waals surface area contributed by atoms with E-state index in [4.69, 9.17) is 0 Å². The molecule has 1 heterocycles. The van der Waals surface area contributed by atoms with Gasteiger partial charge in [0.2, 0.25) is 0 Å². The first-order valence-corrected chi connectivity index (χ1v) is 4.50. The zero-order valence-corrected chi connectivity index (χ0v) is 8.83. The molecule has 0 unspecified atom stereocenters. The van der Waals surface area contributed by atoms with Crippen molar-refractivity contribution in [1.29, 1.82) is 0 Å². The summed E-state index contributed by atoms with van der Waals surface area (Å²) in [5.41, 5.74) is 3.91. The van der Waals surface area contributed by atoms with Crippen molar-refractivity contribution < 1.29 is 0 Å². The second-order valence-corrected chi connectivity index (χ2v) is 3.27. The molecule has 0 saturated heterocycles. The lowest BCUT2D eigenvalue weighted by Crippen LogP contribution is -1.88. The Morgan fingerprint density at radius 1 is 1.57 bits per heavy atom. The smallest absolute Gasteiger partial charge is 0.0881 e. The topological polar surface area (TPSA) is 41.0 Å². The van der Waals surface area contributed by atoms with Crippen LogP contribution < -0.4 is 0 Å². The number of allylic oxidation sites excluding steroid dienone is 2. The third-order valence-corrected chi connectivity index (χ3v) is 1.70. The second kappa shape index (κ2) is 4.56. The van der Waals surface area contributed by atoms with E-state index in [-0.39, 0.29) is 0 Å². The lowest BCUT2D eigenvalue weighted by molar-refractivity contribution is 1.07. The number of aromatic nitrogens is 2. The van der Waals surface area contributed by atoms with Gasteiger partial charge in [0.15, 0.2) is 0 Å². The molecule has 0 aliphatic heterocycles. The number of aromatic amines is 1. The number of hydrogen-bond donors (Lipinski definition) is 1. The van der Waals surface area contributed by atoms with Gasteiger partial charge in [0, 0.05) is 5.71 Å². The lowest BCUT2D eigenvalue weighted by atomic mass is 10.2. The van der Waals surface area contributed by atoms with Crippen LogP contribution in [0.15, 0.2) is 29.9 Å². The van der Waals surface area contributed by atoms with Crippen molar-refractivity contribution >= 4 is 11.4 Å². The summed E-state index contributed by atoms with van der Waals surface area (Å²) in [6.07, 6.45) is 5.38. The fourth-order valence-corrected chi connectivity index (χ4v) is 1.13. The van der Waals surface area contributed by atoms with E-state index in [1.54, 1.807) is 12.3 Å². The molecule has 14 heavy (non-hydrogen) atoms. The summed E-state index contributed by atoms with van der Waals surface area (Å²) in [6.45, 7) is 9.59. The summed E-state index contributed by atoms with van der Waals surface area (Å²) >= 11 is 0. The van der Waals surface area contributed by atoms with Crippen LogP contribution in [0.2, 0.25) is 0 Å². The molecule has 1 aromatic rings. The molecule has 3 nitrogen and oxygen atoms in total. The minimum absolute atomic E-state index is 0.870. The first-order chi connectivity index (χ1) is 6.65. The summed E-state index contributed by atoms with van der Waals surface area (Å²) in [5.74, 6) is 0. The van der Waals surface area contributed by atoms with Crippen molar-refractivity contribution in [2.45, 2.75) is 20.8 Å². The van der Waals surface area contributed by atoms with Crippen molar-refractivity contribution in [3.63, 3.8) is 0 Å². The molecule has 0 fully saturated rings. The highest BCUT2D eigenvalue weighted by Crippen LogP contribution is 2.17. The van der Waals surface area contributed by atoms with Gasteiger partial charge in [-0.05, 0) is 32.4 Å². The number of nitrogens with zero attached hydrogens (tertiary/aromatic N) is 2. The van der Waals surface area contributed by atoms with Gasteiger partial charge in [0.05, 0.1) is 17.6 Å². The van der Waals surface area contributed by atoms with E-state index >= 15 is 0 Å². The molecule has 0 radical (unpaired) electrons. The highest BCUT2D eigenvalue weighted by atomic mass is 15.1. The van der Waals surface area contributed by atoms with Gasteiger partial charge in [-0.25, -0.2) is 0 Å². The van der Waals surface area contributed by atoms with Crippen LogP contribution in [0, 0.1) is 6.92 Å². The molecule has 0 amide bonds. The highest BCUT2D eigenvalue weighted by Gasteiger charge is 2.04. The van der Waals surface area contributed by atoms with Crippen molar-refractivity contribution in [2.24, 2.45) is 4.99 Å². The minimum Gasteiger partial charge on any atom is -0.276 e. The zero-order chi connectivity index (χ0) is 10.6. The molecule has 0 saturated carbocycles. The van der Waals surface area contributed by atoms with Crippen LogP contribution in [0.3, 0.4) is 0 Å². The van der Waals surface area contributed by atoms with E-state index in [0.29, 0.717) is 0 Å². The third-order valence-electron chi connectivity index (χ3n) is 1.70. The van der Waals surface area contributed by atoms with Crippen molar-refractivity contribution in [1.82, 2.24) is 10.2 Å². The van der Waals surface area contributed by atoms with Crippen molar-refractivity contribution in [3.05, 3.63) is 36.2 Å². The average Bonchev–Trinajstić information content (AvgIpc) is 2.50. The zero-order valence-electron chi connectivity index (χ0n) is 8.83. The lowest BCUT2D eigenvalue weighted by Gasteiger charge is -2.00. The minimum atomic E-state index is 0.870. The van der Waals surface area contributed by atoms with Crippen LogP contribution in [0.4, 0.5) is 0 Å². The fraction of sp³-hybridized carbons (Fsp3) is 0.273. The largest absolute Gasteiger partial charge is 0.276 e. The number of hydrogen-bond acceptors (Lipinski definition) is 2. The first kappa shape index (κ1) is 10.4. The molecule has 0 atom stereocenters. The van der Waals surface area contributed by atoms with E-state index < -0.39 is 0 Å². The Morgan fingerprint density at radius 2 is 2.29 bits per heavy atom. The van der Waals surface area contributed by atoms with Crippen LogP contribution in [0.1, 0.15) is 25.1 Å². The number of rotatable bonds is 3. The van der Waals surface area contributed by atoms with E-state index in [1.807, 2.05) is 26.8 Å². The summed E-state index contributed by atoms with van der Waals surface area (Å²) in [5, 5.41) is 6.89. The molecule has 74 valence electrons. The fourth-order valence-electron chi connectivity index (χ4n) is 1.13. The van der Waals surface area contributed by atoms with E-state index in [0.717, 1.165) is 22.7 Å². The first-order valence-electron chi connectivity index (χ1n) is 4.50. The Labute approximate surface area is 84.3 Å². The molecular weight excluding hydrogens is 174 g/mol. The molecule has 0 spiro atoms. The normalized spacial score (nSPS) is 11.2. The van der Waals surface area contributed by atoms with Gasteiger partial charge in [-0.2, -0.15) is 5.10 Å². The molecular formula is C11H15N3. The van der Waals surface area contributed by atoms with Crippen LogP contribution in [-0.2, 0) is 0 Å². The van der Waals surface area contributed by atoms with Gasteiger partial charge in [-0.1, -0.05) is 12.7 Å². The maximum atomic E-state index is 4.41. The van der Waals surface area contributed by atoms with Gasteiger partial charge in [-0.3, -0.25) is 10.1 Å². The van der Waals surface area contributed by atoms with Gasteiger partial charge in [0.25, 0.3) is 0 Å². The Kier molecular flexibility index (Phi) is 3.40. The second-order valence-electron chi connectivity index (χ2n) is 3.27. The van der Waals surface area contributed by atoms with Crippen LogP contribution >= 0.6 is 0 Å². The van der Waals surface area contributed by atoms with Crippen LogP contribution in [0.25, 0.3) is 5.70 Å². The van der Waals surface area contributed by atoms with Crippen molar-refractivity contribution in [3.8, 4) is 0 Å². The van der Waals surface area contributed by atoms with Gasteiger partial charge in [-0.15, -0.1) is 0 Å². The molecule has 1 N–H and O–H groups in total. The van der Waals surface area contributed by atoms with E-state index in [2.05, 4.69) is 21.8 Å². The molecule has 0 aromatic carbocycles. The Hall–Kier alpha value is -1.64. The predicted octanol–water partition coefficient (Wildman–Crippen LogP) is 2.73. The van der Waals surface area contributed by atoms with Gasteiger partial charge < -0.3 is 0 Å². The third kappa shape index (κ3) is 2.42. The molecule has 3 heteroatoms. The molecule has 1 aromatic heterocycles. The number of H-pyrrole nitrogens is 1. The van der Waals surface area contributed by atoms with Crippen molar-refractivity contribution in [2.75, 3.05) is 0 Å². The predicted molar refractivity (Wildman–Crippen MR) is 60.3 cm³/mol. The molecule has 0 aliphatic rings. The maximum Gasteiger partial charge on any atom is 0.0881 e. The monoisotopic (exact) mass is 189 g/mol. The number of aryl methyl sites for hydroxylation is 1. The Bertz CT molecular complexity index is 379. The summed E-state index contributed by atoms with van der Waals surface area (Å²) in [6, 6.07) is 0. The quantitative estimate of drug-likeness (QED) is 0.576.